The Bertz CT molecular complexity index is 1400. The molecule has 8 nitrogen and oxygen atoms in total. The van der Waals surface area contributed by atoms with E-state index in [-0.39, 0.29) is 46.5 Å². The van der Waals surface area contributed by atoms with Gasteiger partial charge in [-0.3, -0.25) is 9.59 Å². The number of carbonyl (C=O) groups is 2. The summed E-state index contributed by atoms with van der Waals surface area (Å²) in [6.45, 7) is 3.52. The van der Waals surface area contributed by atoms with E-state index < -0.39 is 67.9 Å². The van der Waals surface area contributed by atoms with Crippen molar-refractivity contribution < 1.29 is 41.4 Å². The minimum atomic E-state index is -4.08. The van der Waals surface area contributed by atoms with Crippen molar-refractivity contribution >= 4 is 39.0 Å². The predicted molar refractivity (Wildman–Crippen MR) is 141 cm³/mol. The minimum Gasteiger partial charge on any atom is -0.480 e. The van der Waals surface area contributed by atoms with E-state index in [1.807, 2.05) is 0 Å². The maximum Gasteiger partial charge on any atom is 0.320 e. The normalized spacial score (nSPS) is 25.1. The van der Waals surface area contributed by atoms with E-state index in [0.717, 1.165) is 6.07 Å². The molecular formula is C27H30ClF3N2O6S. The average Bonchev–Trinajstić information content (AvgIpc) is 3.03. The maximum atomic E-state index is 13.7. The van der Waals surface area contributed by atoms with E-state index in [1.54, 1.807) is 13.8 Å². The molecule has 2 fully saturated rings. The quantitative estimate of drug-likeness (QED) is 0.313. The van der Waals surface area contributed by atoms with Crippen LogP contribution in [-0.4, -0.2) is 53.9 Å². The number of nitrogens with one attached hydrogen (secondary N) is 2. The van der Waals surface area contributed by atoms with Gasteiger partial charge in [-0.2, -0.15) is 0 Å². The summed E-state index contributed by atoms with van der Waals surface area (Å²) in [5.41, 5.74) is -1.78. The Kier molecular flexibility index (Phi) is 8.56. The third-order valence-corrected chi connectivity index (χ3v) is 10.7. The molecule has 2 bridgehead atoms. The van der Waals surface area contributed by atoms with Gasteiger partial charge in [0.2, 0.25) is 0 Å². The fraction of sp³-hybridized carbons (Fsp3) is 0.481. The Morgan fingerprint density at radius 3 is 2.17 bits per heavy atom. The number of anilines is 1. The van der Waals surface area contributed by atoms with Crippen molar-refractivity contribution in [2.45, 2.75) is 61.3 Å². The molecule has 0 spiro atoms. The summed E-state index contributed by atoms with van der Waals surface area (Å²) >= 11 is 6.25. The standard InChI is InChI=1S/C27H30ClF3N2O6S/c1-13(2)24(26(35)36)32-12-27(37)15-4-5-16(27)9-18(8-15)40(38,39)22-7-14(3-6-19(22)28)25(34)33-17-10-20(29)23(31)21(30)11-17/h3,6-7,10-11,13,15-16,18,24,32,37H,4-5,8-9,12H2,1-2H3,(H,33,34)(H,35,36)/t15-,16?,18-,24-,27-/m0/s1. The molecule has 0 radical (unpaired) electrons. The molecule has 2 aliphatic carbocycles. The highest BCUT2D eigenvalue weighted by Crippen LogP contribution is 2.52. The number of halogens is 4. The highest BCUT2D eigenvalue weighted by atomic mass is 35.5. The van der Waals surface area contributed by atoms with Crippen molar-refractivity contribution in [1.82, 2.24) is 5.32 Å². The number of carbonyl (C=O) groups excluding carboxylic acids is 1. The van der Waals surface area contributed by atoms with Crippen LogP contribution in [0.3, 0.4) is 0 Å². The van der Waals surface area contributed by atoms with Crippen molar-refractivity contribution in [3.8, 4) is 0 Å². The Hall–Kier alpha value is -2.67. The number of amides is 1. The largest absolute Gasteiger partial charge is 0.480 e. The van der Waals surface area contributed by atoms with Crippen LogP contribution in [0.1, 0.15) is 49.9 Å². The second-order valence-electron chi connectivity index (χ2n) is 10.9. The Morgan fingerprint density at radius 2 is 1.65 bits per heavy atom. The van der Waals surface area contributed by atoms with Gasteiger partial charge >= 0.3 is 5.97 Å². The lowest BCUT2D eigenvalue weighted by Crippen LogP contribution is -2.57. The van der Waals surface area contributed by atoms with Crippen LogP contribution in [0, 0.1) is 35.2 Å². The molecule has 4 N–H and O–H groups in total. The number of aliphatic carboxylic acids is 1. The summed E-state index contributed by atoms with van der Waals surface area (Å²) in [4.78, 5) is 24.0. The molecule has 2 aromatic carbocycles. The van der Waals surface area contributed by atoms with E-state index in [9.17, 15) is 41.4 Å². The van der Waals surface area contributed by atoms with Crippen LogP contribution in [0.4, 0.5) is 18.9 Å². The molecule has 1 amide bonds. The first-order valence-corrected chi connectivity index (χ1v) is 14.8. The molecule has 5 atom stereocenters. The summed E-state index contributed by atoms with van der Waals surface area (Å²) in [6.07, 6.45) is 1.40. The van der Waals surface area contributed by atoms with Gasteiger partial charge in [-0.25, -0.2) is 21.6 Å². The lowest BCUT2D eigenvalue weighted by molar-refractivity contribution is -0.141. The molecular weight excluding hydrogens is 573 g/mol. The first-order valence-electron chi connectivity index (χ1n) is 12.8. The van der Waals surface area contributed by atoms with E-state index in [0.29, 0.717) is 25.0 Å². The zero-order valence-corrected chi connectivity index (χ0v) is 23.3. The van der Waals surface area contributed by atoms with Crippen LogP contribution in [0.25, 0.3) is 0 Å². The lowest BCUT2D eigenvalue weighted by Gasteiger charge is -2.43. The van der Waals surface area contributed by atoms with Crippen LogP contribution in [0.15, 0.2) is 35.2 Å². The summed E-state index contributed by atoms with van der Waals surface area (Å²) in [5.74, 6) is -7.62. The molecule has 218 valence electrons. The third kappa shape index (κ3) is 5.72. The summed E-state index contributed by atoms with van der Waals surface area (Å²) in [7, 11) is -4.08. The fourth-order valence-electron chi connectivity index (χ4n) is 5.91. The van der Waals surface area contributed by atoms with Crippen molar-refractivity contribution in [3.63, 3.8) is 0 Å². The second-order valence-corrected chi connectivity index (χ2v) is 13.5. The van der Waals surface area contributed by atoms with E-state index in [4.69, 9.17) is 11.6 Å². The van der Waals surface area contributed by atoms with Crippen LogP contribution in [-0.2, 0) is 14.6 Å². The number of carboxylic acid groups (broad SMARTS) is 1. The van der Waals surface area contributed by atoms with Gasteiger partial charge in [-0.1, -0.05) is 25.4 Å². The zero-order valence-electron chi connectivity index (χ0n) is 21.8. The van der Waals surface area contributed by atoms with Crippen molar-refractivity contribution in [2.24, 2.45) is 17.8 Å². The van der Waals surface area contributed by atoms with Gasteiger partial charge in [0.05, 0.1) is 20.8 Å². The van der Waals surface area contributed by atoms with Crippen LogP contribution in [0.2, 0.25) is 5.02 Å². The first kappa shape index (κ1) is 30.3. The SMILES string of the molecule is CC(C)[C@H](NC[C@@]1(O)C2CC[C@H]1C[C@H](S(=O)(=O)c1cc(C(=O)Nc3cc(F)c(F)c(F)c3)ccc1Cl)C2)C(=O)O. The van der Waals surface area contributed by atoms with Crippen LogP contribution < -0.4 is 10.6 Å². The molecule has 0 aliphatic heterocycles. The molecule has 0 saturated heterocycles. The minimum absolute atomic E-state index is 0.0191. The van der Waals surface area contributed by atoms with Gasteiger partial charge in [-0.15, -0.1) is 0 Å². The topological polar surface area (TPSA) is 133 Å². The molecule has 4 rings (SSSR count). The number of hydrogen-bond acceptors (Lipinski definition) is 6. The number of sulfone groups is 1. The molecule has 2 saturated carbocycles. The Balaban J connectivity index is 1.53. The van der Waals surface area contributed by atoms with Gasteiger partial charge in [-0.05, 0) is 61.6 Å². The Labute approximate surface area is 234 Å². The number of benzene rings is 2. The third-order valence-electron chi connectivity index (χ3n) is 8.09. The molecule has 1 unspecified atom stereocenters. The van der Waals surface area contributed by atoms with Crippen molar-refractivity contribution in [2.75, 3.05) is 11.9 Å². The van der Waals surface area contributed by atoms with Crippen LogP contribution in [0.5, 0.6) is 0 Å². The smallest absolute Gasteiger partial charge is 0.320 e. The zero-order chi connectivity index (χ0) is 29.6. The molecule has 2 aromatic rings. The van der Waals surface area contributed by atoms with Gasteiger partial charge in [0.1, 0.15) is 6.04 Å². The van der Waals surface area contributed by atoms with Crippen molar-refractivity contribution in [1.29, 1.82) is 0 Å². The number of hydrogen-bond donors (Lipinski definition) is 4. The highest BCUT2D eigenvalue weighted by Gasteiger charge is 2.55. The lowest BCUT2D eigenvalue weighted by atomic mass is 9.74. The fourth-order valence-corrected chi connectivity index (χ4v) is 8.31. The monoisotopic (exact) mass is 602 g/mol. The van der Waals surface area contributed by atoms with Gasteiger partial charge in [0.15, 0.2) is 27.3 Å². The first-order chi connectivity index (χ1) is 18.6. The number of fused-ring (bicyclic) bond motifs is 2. The highest BCUT2D eigenvalue weighted by molar-refractivity contribution is 7.92. The van der Waals surface area contributed by atoms with E-state index in [2.05, 4.69) is 10.6 Å². The molecule has 2 aliphatic rings. The predicted octanol–water partition coefficient (Wildman–Crippen LogP) is 4.40. The Morgan fingerprint density at radius 1 is 1.07 bits per heavy atom. The average molecular weight is 603 g/mol. The number of aliphatic hydroxyl groups is 1. The summed E-state index contributed by atoms with van der Waals surface area (Å²) < 4.78 is 67.7. The van der Waals surface area contributed by atoms with E-state index in [1.165, 1.54) is 12.1 Å². The number of rotatable bonds is 9. The van der Waals surface area contributed by atoms with E-state index >= 15 is 0 Å². The van der Waals surface area contributed by atoms with Gasteiger partial charge in [0, 0.05) is 29.9 Å². The second kappa shape index (κ2) is 11.3. The molecule has 0 aromatic heterocycles. The van der Waals surface area contributed by atoms with Gasteiger partial charge in [0.25, 0.3) is 5.91 Å². The van der Waals surface area contributed by atoms with Crippen molar-refractivity contribution in [3.05, 3.63) is 58.4 Å². The summed E-state index contributed by atoms with van der Waals surface area (Å²) in [6, 6.07) is 3.88. The molecule has 40 heavy (non-hydrogen) atoms. The molecule has 0 heterocycles. The molecule has 13 heteroatoms. The summed E-state index contributed by atoms with van der Waals surface area (Å²) in [5, 5.41) is 25.1. The van der Waals surface area contributed by atoms with Gasteiger partial charge < -0.3 is 20.8 Å². The van der Waals surface area contributed by atoms with Crippen LogP contribution >= 0.6 is 11.6 Å². The maximum absolute atomic E-state index is 13.7. The number of carboxylic acids is 1.